The largest absolute Gasteiger partial charge is 0.464 e. The highest BCUT2D eigenvalue weighted by Crippen LogP contribution is 2.13. The lowest BCUT2D eigenvalue weighted by Gasteiger charge is -2.20. The van der Waals surface area contributed by atoms with Crippen molar-refractivity contribution in [3.05, 3.63) is 99.1 Å². The van der Waals surface area contributed by atoms with E-state index in [4.69, 9.17) is 9.47 Å². The van der Waals surface area contributed by atoms with E-state index < -0.39 is 16.9 Å². The Labute approximate surface area is 208 Å². The van der Waals surface area contributed by atoms with Crippen molar-refractivity contribution in [2.75, 3.05) is 20.8 Å². The van der Waals surface area contributed by atoms with Gasteiger partial charge in [0.2, 0.25) is 0 Å². The summed E-state index contributed by atoms with van der Waals surface area (Å²) in [6.07, 6.45) is 0.581. The summed E-state index contributed by atoms with van der Waals surface area (Å²) in [7, 11) is 2.61. The molecule has 0 fully saturated rings. The second-order valence-electron chi connectivity index (χ2n) is 7.85. The van der Waals surface area contributed by atoms with E-state index in [1.54, 1.807) is 48.5 Å². The van der Waals surface area contributed by atoms with Gasteiger partial charge in [-0.2, -0.15) is 0 Å². The number of non-ortho nitro benzene ring substituents is 1. The highest BCUT2D eigenvalue weighted by molar-refractivity contribution is 5.87. The van der Waals surface area contributed by atoms with Crippen molar-refractivity contribution in [1.82, 2.24) is 20.6 Å². The number of nitro benzene ring substituents is 1. The zero-order valence-corrected chi connectivity index (χ0v) is 20.0. The van der Waals surface area contributed by atoms with Gasteiger partial charge in [0, 0.05) is 37.8 Å². The maximum absolute atomic E-state index is 11.8. The Morgan fingerprint density at radius 2 is 1.44 bits per heavy atom. The fourth-order valence-electron chi connectivity index (χ4n) is 3.47. The maximum atomic E-state index is 11.8. The van der Waals surface area contributed by atoms with Gasteiger partial charge in [0.15, 0.2) is 0 Å². The van der Waals surface area contributed by atoms with Crippen molar-refractivity contribution in [3.63, 3.8) is 0 Å². The van der Waals surface area contributed by atoms with E-state index in [0.29, 0.717) is 37.4 Å². The third-order valence-electron chi connectivity index (χ3n) is 5.30. The van der Waals surface area contributed by atoms with Gasteiger partial charge >= 0.3 is 11.9 Å². The molecule has 2 N–H and O–H groups in total. The minimum atomic E-state index is -0.511. The Kier molecular flexibility index (Phi) is 9.55. The van der Waals surface area contributed by atoms with Crippen molar-refractivity contribution in [2.24, 2.45) is 0 Å². The Morgan fingerprint density at radius 1 is 0.889 bits per heavy atom. The lowest BCUT2D eigenvalue weighted by Crippen LogP contribution is -2.40. The van der Waals surface area contributed by atoms with Gasteiger partial charge in [-0.05, 0) is 36.2 Å². The fourth-order valence-corrected chi connectivity index (χ4v) is 3.47. The first-order valence-electron chi connectivity index (χ1n) is 11.2. The van der Waals surface area contributed by atoms with Gasteiger partial charge in [0.05, 0.1) is 30.5 Å². The highest BCUT2D eigenvalue weighted by atomic mass is 16.6. The van der Waals surface area contributed by atoms with Gasteiger partial charge < -0.3 is 20.1 Å². The predicted molar refractivity (Wildman–Crippen MR) is 130 cm³/mol. The van der Waals surface area contributed by atoms with Crippen molar-refractivity contribution in [3.8, 4) is 0 Å². The molecule has 36 heavy (non-hydrogen) atoms. The highest BCUT2D eigenvalue weighted by Gasteiger charge is 2.14. The van der Waals surface area contributed by atoms with Crippen LogP contribution in [-0.4, -0.2) is 53.6 Å². The van der Waals surface area contributed by atoms with Crippen molar-refractivity contribution in [2.45, 2.75) is 25.6 Å². The molecule has 2 aromatic heterocycles. The van der Waals surface area contributed by atoms with Gasteiger partial charge in [-0.3, -0.25) is 10.1 Å². The van der Waals surface area contributed by atoms with Crippen LogP contribution in [-0.2, 0) is 29.0 Å². The van der Waals surface area contributed by atoms with Crippen molar-refractivity contribution < 1.29 is 24.0 Å². The van der Waals surface area contributed by atoms with Gasteiger partial charge in [-0.25, -0.2) is 19.6 Å². The second-order valence-corrected chi connectivity index (χ2v) is 7.85. The van der Waals surface area contributed by atoms with Crippen LogP contribution < -0.4 is 10.6 Å². The first-order valence-corrected chi connectivity index (χ1v) is 11.2. The summed E-state index contributed by atoms with van der Waals surface area (Å²) >= 11 is 0. The second kappa shape index (κ2) is 13.0. The maximum Gasteiger partial charge on any atom is 0.356 e. The molecular weight excluding hydrogens is 466 g/mol. The molecule has 11 heteroatoms. The van der Waals surface area contributed by atoms with Crippen LogP contribution in [0.5, 0.6) is 0 Å². The lowest BCUT2D eigenvalue weighted by molar-refractivity contribution is -0.384. The topological polar surface area (TPSA) is 146 Å². The molecule has 11 nitrogen and oxygen atoms in total. The van der Waals surface area contributed by atoms with Crippen LogP contribution in [0, 0.1) is 10.1 Å². The zero-order valence-electron chi connectivity index (χ0n) is 20.0. The van der Waals surface area contributed by atoms with Crippen molar-refractivity contribution in [1.29, 1.82) is 0 Å². The van der Waals surface area contributed by atoms with Gasteiger partial charge in [-0.15, -0.1) is 0 Å². The molecule has 3 aromatic rings. The zero-order chi connectivity index (χ0) is 25.9. The molecule has 1 unspecified atom stereocenters. The molecule has 2 heterocycles. The molecule has 188 valence electrons. The van der Waals surface area contributed by atoms with E-state index in [2.05, 4.69) is 20.6 Å². The summed E-state index contributed by atoms with van der Waals surface area (Å²) in [6.45, 7) is 1.33. The summed E-state index contributed by atoms with van der Waals surface area (Å²) in [6, 6.07) is 16.6. The Balaban J connectivity index is 1.67. The van der Waals surface area contributed by atoms with E-state index in [0.717, 1.165) is 5.56 Å². The van der Waals surface area contributed by atoms with Crippen LogP contribution in [0.25, 0.3) is 0 Å². The summed E-state index contributed by atoms with van der Waals surface area (Å²) in [5.74, 6) is -1.01. The van der Waals surface area contributed by atoms with E-state index in [9.17, 15) is 19.7 Å². The third kappa shape index (κ3) is 7.65. The molecule has 0 spiro atoms. The standard InChI is InChI=1S/C25H27N5O6/c1-35-24(31)22-7-3-5-18(28-22)14-26-15-20(13-17-9-11-21(12-10-17)30(33)34)27-16-19-6-4-8-23(29-19)25(32)36-2/h3-12,20,26-27H,13-16H2,1-2H3. The molecule has 0 aliphatic carbocycles. The van der Waals surface area contributed by atoms with Crippen LogP contribution in [0.15, 0.2) is 60.7 Å². The SMILES string of the molecule is COC(=O)c1cccc(CNCC(Cc2ccc([N+](=O)[O-])cc2)NCc2cccc(C(=O)OC)n2)n1. The number of esters is 2. The minimum Gasteiger partial charge on any atom is -0.464 e. The molecule has 0 aliphatic rings. The van der Waals surface area contributed by atoms with Crippen LogP contribution in [0.2, 0.25) is 0 Å². The van der Waals surface area contributed by atoms with E-state index in [-0.39, 0.29) is 23.1 Å². The fraction of sp³-hybridized carbons (Fsp3) is 0.280. The summed E-state index contributed by atoms with van der Waals surface area (Å²) in [5, 5.41) is 17.7. The van der Waals surface area contributed by atoms with Gasteiger partial charge in [-0.1, -0.05) is 24.3 Å². The molecule has 0 radical (unpaired) electrons. The number of methoxy groups -OCH3 is 2. The first kappa shape index (κ1) is 26.4. The van der Waals surface area contributed by atoms with Crippen LogP contribution in [0.4, 0.5) is 5.69 Å². The summed E-state index contributed by atoms with van der Waals surface area (Å²) in [4.78, 5) is 42.7. The number of nitro groups is 1. The van der Waals surface area contributed by atoms with Crippen molar-refractivity contribution >= 4 is 17.6 Å². The molecule has 0 saturated heterocycles. The lowest BCUT2D eigenvalue weighted by atomic mass is 10.0. The summed E-state index contributed by atoms with van der Waals surface area (Å²) in [5.41, 5.74) is 2.74. The number of carbonyl (C=O) groups excluding carboxylic acids is 2. The van der Waals surface area contributed by atoms with Crippen LogP contribution in [0.3, 0.4) is 0 Å². The number of hydrogen-bond acceptors (Lipinski definition) is 10. The number of pyridine rings is 2. The number of nitrogens with one attached hydrogen (secondary N) is 2. The van der Waals surface area contributed by atoms with E-state index in [1.807, 2.05) is 0 Å². The number of benzene rings is 1. The monoisotopic (exact) mass is 493 g/mol. The quantitative estimate of drug-likeness (QED) is 0.219. The molecule has 0 bridgehead atoms. The number of hydrogen-bond donors (Lipinski definition) is 2. The number of nitrogens with zero attached hydrogens (tertiary/aromatic N) is 3. The normalized spacial score (nSPS) is 11.5. The first-order chi connectivity index (χ1) is 17.4. The molecule has 1 atom stereocenters. The third-order valence-corrected chi connectivity index (χ3v) is 5.30. The molecule has 0 amide bonds. The average molecular weight is 494 g/mol. The number of aromatic nitrogens is 2. The Morgan fingerprint density at radius 3 is 1.97 bits per heavy atom. The number of carbonyl (C=O) groups is 2. The molecule has 1 aromatic carbocycles. The number of rotatable bonds is 12. The Bertz CT molecular complexity index is 1200. The van der Waals surface area contributed by atoms with Gasteiger partial charge in [0.1, 0.15) is 11.4 Å². The molecule has 3 rings (SSSR count). The van der Waals surface area contributed by atoms with E-state index >= 15 is 0 Å². The average Bonchev–Trinajstić information content (AvgIpc) is 2.91. The van der Waals surface area contributed by atoms with Crippen LogP contribution >= 0.6 is 0 Å². The van der Waals surface area contributed by atoms with Crippen LogP contribution in [0.1, 0.15) is 37.9 Å². The van der Waals surface area contributed by atoms with E-state index in [1.165, 1.54) is 26.4 Å². The van der Waals surface area contributed by atoms with Gasteiger partial charge in [0.25, 0.3) is 5.69 Å². The molecule has 0 aliphatic heterocycles. The minimum absolute atomic E-state index is 0.0294. The predicted octanol–water partition coefficient (Wildman–Crippen LogP) is 2.45. The molecular formula is C25H27N5O6. The smallest absolute Gasteiger partial charge is 0.356 e. The number of ether oxygens (including phenoxy) is 2. The summed E-state index contributed by atoms with van der Waals surface area (Å²) < 4.78 is 9.45. The Hall–Kier alpha value is -4.22. The molecule has 0 saturated carbocycles.